The van der Waals surface area contributed by atoms with E-state index in [-0.39, 0.29) is 23.3 Å². The smallest absolute Gasteiger partial charge is 0.270 e. The Hall–Kier alpha value is -3.30. The maximum absolute atomic E-state index is 14.9. The number of rotatable bonds is 6. The van der Waals surface area contributed by atoms with Crippen molar-refractivity contribution in [2.24, 2.45) is 0 Å². The summed E-state index contributed by atoms with van der Waals surface area (Å²) < 4.78 is 20.2. The monoisotopic (exact) mass is 493 g/mol. The molecule has 8 nitrogen and oxygen atoms in total. The van der Waals surface area contributed by atoms with Crippen LogP contribution in [0.1, 0.15) is 40.5 Å². The number of fused-ring (bicyclic) bond motifs is 1. The van der Waals surface area contributed by atoms with E-state index in [0.29, 0.717) is 49.7 Å². The SMILES string of the molecule is CCc1nc2c(C)cc(CN3CCN(c4ccc(C(=O)N[C@@H]5CCOC5)cc4F)CC3)cc2[nH]c1=O. The third kappa shape index (κ3) is 5.12. The fourth-order valence-electron chi connectivity index (χ4n) is 5.04. The van der Waals surface area contributed by atoms with E-state index in [1.165, 1.54) is 6.07 Å². The van der Waals surface area contributed by atoms with Gasteiger partial charge in [-0.25, -0.2) is 9.37 Å². The van der Waals surface area contributed by atoms with Crippen LogP contribution in [0.4, 0.5) is 10.1 Å². The van der Waals surface area contributed by atoms with Crippen LogP contribution in [0.2, 0.25) is 0 Å². The number of benzene rings is 2. The van der Waals surface area contributed by atoms with E-state index in [0.717, 1.165) is 48.2 Å². The largest absolute Gasteiger partial charge is 0.379 e. The molecule has 0 aliphatic carbocycles. The van der Waals surface area contributed by atoms with Crippen LogP contribution < -0.4 is 15.8 Å². The quantitative estimate of drug-likeness (QED) is 0.549. The maximum Gasteiger partial charge on any atom is 0.270 e. The Morgan fingerprint density at radius 1 is 1.22 bits per heavy atom. The molecule has 0 spiro atoms. The zero-order chi connectivity index (χ0) is 25.2. The van der Waals surface area contributed by atoms with Gasteiger partial charge in [0.05, 0.1) is 29.4 Å². The highest BCUT2D eigenvalue weighted by atomic mass is 19.1. The molecule has 0 unspecified atom stereocenters. The minimum atomic E-state index is -0.383. The van der Waals surface area contributed by atoms with Crippen molar-refractivity contribution in [3.63, 3.8) is 0 Å². The zero-order valence-electron chi connectivity index (χ0n) is 20.8. The molecule has 3 aromatic rings. The Labute approximate surface area is 209 Å². The second kappa shape index (κ2) is 10.4. The lowest BCUT2D eigenvalue weighted by molar-refractivity contribution is 0.0929. The third-order valence-corrected chi connectivity index (χ3v) is 7.05. The number of hydrogen-bond donors (Lipinski definition) is 2. The van der Waals surface area contributed by atoms with Crippen molar-refractivity contribution in [2.75, 3.05) is 44.3 Å². The van der Waals surface area contributed by atoms with Crippen LogP contribution in [0.5, 0.6) is 0 Å². The van der Waals surface area contributed by atoms with Gasteiger partial charge in [-0.15, -0.1) is 0 Å². The molecule has 5 rings (SSSR count). The van der Waals surface area contributed by atoms with Crippen molar-refractivity contribution in [2.45, 2.75) is 39.3 Å². The van der Waals surface area contributed by atoms with Crippen molar-refractivity contribution in [3.05, 3.63) is 68.9 Å². The molecule has 0 saturated carbocycles. The molecule has 2 saturated heterocycles. The first-order chi connectivity index (χ1) is 17.4. The van der Waals surface area contributed by atoms with Crippen LogP contribution in [-0.4, -0.2) is 66.2 Å². The predicted molar refractivity (Wildman–Crippen MR) is 137 cm³/mol. The van der Waals surface area contributed by atoms with Crippen molar-refractivity contribution >= 4 is 22.6 Å². The molecule has 2 fully saturated rings. The first-order valence-corrected chi connectivity index (χ1v) is 12.6. The molecule has 9 heteroatoms. The van der Waals surface area contributed by atoms with Crippen LogP contribution in [-0.2, 0) is 17.7 Å². The van der Waals surface area contributed by atoms with Crippen LogP contribution in [0.3, 0.4) is 0 Å². The van der Waals surface area contributed by atoms with Crippen molar-refractivity contribution in [1.82, 2.24) is 20.2 Å². The lowest BCUT2D eigenvalue weighted by Crippen LogP contribution is -2.46. The molecule has 2 aliphatic heterocycles. The van der Waals surface area contributed by atoms with Crippen molar-refractivity contribution < 1.29 is 13.9 Å². The molecule has 2 aliphatic rings. The Morgan fingerprint density at radius 2 is 2.03 bits per heavy atom. The number of carbonyl (C=O) groups excluding carboxylic acids is 1. The summed E-state index contributed by atoms with van der Waals surface area (Å²) in [5.74, 6) is -0.652. The Kier molecular flexibility index (Phi) is 7.02. The number of amides is 1. The lowest BCUT2D eigenvalue weighted by atomic mass is 10.1. The molecule has 0 radical (unpaired) electrons. The van der Waals surface area contributed by atoms with Gasteiger partial charge < -0.3 is 19.9 Å². The summed E-state index contributed by atoms with van der Waals surface area (Å²) >= 11 is 0. The Morgan fingerprint density at radius 3 is 2.72 bits per heavy atom. The summed E-state index contributed by atoms with van der Waals surface area (Å²) in [5.41, 5.74) is 5.02. The summed E-state index contributed by atoms with van der Waals surface area (Å²) in [4.78, 5) is 36.5. The summed E-state index contributed by atoms with van der Waals surface area (Å²) in [5, 5.41) is 2.90. The van der Waals surface area contributed by atoms with Crippen LogP contribution >= 0.6 is 0 Å². The highest BCUT2D eigenvalue weighted by Gasteiger charge is 2.23. The topological polar surface area (TPSA) is 90.6 Å². The third-order valence-electron chi connectivity index (χ3n) is 7.05. The van der Waals surface area contributed by atoms with Gasteiger partial charge in [-0.2, -0.15) is 0 Å². The fraction of sp³-hybridized carbons (Fsp3) is 0.444. The predicted octanol–water partition coefficient (Wildman–Crippen LogP) is 2.77. The number of aromatic nitrogens is 2. The van der Waals surface area contributed by atoms with Crippen molar-refractivity contribution in [3.8, 4) is 0 Å². The molecule has 0 bridgehead atoms. The van der Waals surface area contributed by atoms with Crippen LogP contribution in [0.25, 0.3) is 11.0 Å². The lowest BCUT2D eigenvalue weighted by Gasteiger charge is -2.36. The van der Waals surface area contributed by atoms with Crippen LogP contribution in [0, 0.1) is 12.7 Å². The van der Waals surface area contributed by atoms with Crippen LogP contribution in [0.15, 0.2) is 35.1 Å². The second-order valence-corrected chi connectivity index (χ2v) is 9.64. The van der Waals surface area contributed by atoms with E-state index in [1.807, 2.05) is 24.8 Å². The standard InChI is InChI=1S/C27H32FN5O3/c1-3-22-27(35)31-23-13-18(12-17(2)25(23)30-22)15-32-7-9-33(10-8-32)24-5-4-19(14-21(24)28)26(34)29-20-6-11-36-16-20/h4-5,12-14,20H,3,6-11,15-16H2,1-2H3,(H,29,34)(H,31,35)/t20-/m1/s1. The van der Waals surface area contributed by atoms with Crippen molar-refractivity contribution in [1.29, 1.82) is 0 Å². The van der Waals surface area contributed by atoms with E-state index < -0.39 is 0 Å². The van der Waals surface area contributed by atoms with E-state index in [9.17, 15) is 14.0 Å². The number of piperazine rings is 1. The summed E-state index contributed by atoms with van der Waals surface area (Å²) in [6.07, 6.45) is 1.38. The maximum atomic E-state index is 14.9. The minimum Gasteiger partial charge on any atom is -0.379 e. The molecular weight excluding hydrogens is 461 g/mol. The van der Waals surface area contributed by atoms with Gasteiger partial charge >= 0.3 is 0 Å². The minimum absolute atomic E-state index is 0.00923. The summed E-state index contributed by atoms with van der Waals surface area (Å²) in [7, 11) is 0. The Bertz CT molecular complexity index is 1330. The van der Waals surface area contributed by atoms with E-state index >= 15 is 0 Å². The number of ether oxygens (including phenoxy) is 1. The van der Waals surface area contributed by atoms with E-state index in [1.54, 1.807) is 12.1 Å². The summed E-state index contributed by atoms with van der Waals surface area (Å²) in [6.45, 7) is 8.77. The number of H-pyrrole nitrogens is 1. The number of nitrogens with zero attached hydrogens (tertiary/aromatic N) is 3. The van der Waals surface area contributed by atoms with Gasteiger partial charge in [-0.1, -0.05) is 13.0 Å². The molecule has 1 amide bonds. The molecule has 36 heavy (non-hydrogen) atoms. The van der Waals surface area contributed by atoms with Gasteiger partial charge in [0.2, 0.25) is 0 Å². The van der Waals surface area contributed by atoms with Gasteiger partial charge in [0, 0.05) is 44.9 Å². The molecule has 3 heterocycles. The highest BCUT2D eigenvalue weighted by molar-refractivity contribution is 5.94. The van der Waals surface area contributed by atoms with Gasteiger partial charge in [0.25, 0.3) is 11.5 Å². The molecule has 2 N–H and O–H groups in total. The molecular formula is C27H32FN5O3. The number of aryl methyl sites for hydroxylation is 2. The first-order valence-electron chi connectivity index (χ1n) is 12.6. The normalized spacial score (nSPS) is 18.6. The number of hydrogen-bond acceptors (Lipinski definition) is 6. The summed E-state index contributed by atoms with van der Waals surface area (Å²) in [6, 6.07) is 8.83. The number of anilines is 1. The zero-order valence-corrected chi connectivity index (χ0v) is 20.8. The molecule has 1 atom stereocenters. The van der Waals surface area contributed by atoms with E-state index in [2.05, 4.69) is 26.3 Å². The average molecular weight is 494 g/mol. The van der Waals surface area contributed by atoms with Gasteiger partial charge in [-0.05, 0) is 55.2 Å². The fourth-order valence-corrected chi connectivity index (χ4v) is 5.04. The molecule has 2 aromatic carbocycles. The number of aromatic amines is 1. The first kappa shape index (κ1) is 24.4. The molecule has 1 aromatic heterocycles. The number of nitrogens with one attached hydrogen (secondary N) is 2. The number of carbonyl (C=O) groups is 1. The van der Waals surface area contributed by atoms with Gasteiger partial charge in [0.15, 0.2) is 0 Å². The Balaban J connectivity index is 1.21. The van der Waals surface area contributed by atoms with E-state index in [4.69, 9.17) is 4.74 Å². The average Bonchev–Trinajstić information content (AvgIpc) is 3.37. The highest BCUT2D eigenvalue weighted by Crippen LogP contribution is 2.24. The van der Waals surface area contributed by atoms with Gasteiger partial charge in [-0.3, -0.25) is 14.5 Å². The number of halogens is 1. The second-order valence-electron chi connectivity index (χ2n) is 9.64. The van der Waals surface area contributed by atoms with Gasteiger partial charge in [0.1, 0.15) is 11.5 Å². The molecule has 190 valence electrons.